The van der Waals surface area contributed by atoms with E-state index < -0.39 is 106 Å². The van der Waals surface area contributed by atoms with Crippen LogP contribution in [-0.4, -0.2) is 91.9 Å². The lowest BCUT2D eigenvalue weighted by Gasteiger charge is -2.48. The number of nitrogens with two attached hydrogens (primary N) is 1. The number of benzene rings is 2. The molecule has 2 fully saturated rings. The molecule has 296 valence electrons. The van der Waals surface area contributed by atoms with Gasteiger partial charge in [-0.1, -0.05) is 50.2 Å². The van der Waals surface area contributed by atoms with E-state index in [1.807, 2.05) is 0 Å². The monoisotopic (exact) mass is 781 g/mol. The number of phosphoric ester groups is 1. The third kappa shape index (κ3) is 11.6. The molecule has 0 radical (unpaired) electrons. The van der Waals surface area contributed by atoms with Gasteiger partial charge >= 0.3 is 37.8 Å². The SMILES string of the molecule is CC[C@@H]1O[C@H](OP(=O)(Oc2ccccc2)Oc2ccccc2)[C@@H](O[C@H]2O[C@H](COC(C)=O)[C@@H](OC(C)=O)[C@H](OC(N)=O)[C@@H]2OC(C)=O)[C@@H](OC(C)=O)[C@@H]1C. The first kappa shape index (κ1) is 42.0. The molecule has 2 aromatic rings. The number of carbonyl (C=O) groups excluding carboxylic acids is 5. The summed E-state index contributed by atoms with van der Waals surface area (Å²) in [7, 11) is -4.74. The van der Waals surface area contributed by atoms with Crippen molar-refractivity contribution in [3.05, 3.63) is 60.7 Å². The summed E-state index contributed by atoms with van der Waals surface area (Å²) in [6, 6.07) is 16.0. The molecule has 2 heterocycles. The summed E-state index contributed by atoms with van der Waals surface area (Å²) in [5.74, 6) is -3.69. The van der Waals surface area contributed by atoms with Gasteiger partial charge in [-0.15, -0.1) is 0 Å². The van der Waals surface area contributed by atoms with E-state index >= 15 is 0 Å². The topological polar surface area (TPSA) is 230 Å². The Kier molecular flexibility index (Phi) is 14.8. The Bertz CT molecular complexity index is 1600. The van der Waals surface area contributed by atoms with Crippen LogP contribution in [0.15, 0.2) is 60.7 Å². The van der Waals surface area contributed by atoms with Gasteiger partial charge in [0.2, 0.25) is 6.29 Å². The molecule has 2 aliphatic heterocycles. The van der Waals surface area contributed by atoms with Crippen molar-refractivity contribution in [2.45, 2.75) is 103 Å². The summed E-state index contributed by atoms with van der Waals surface area (Å²) in [4.78, 5) is 61.3. The van der Waals surface area contributed by atoms with Crippen LogP contribution in [0.5, 0.6) is 11.5 Å². The number of primary amides is 1. The van der Waals surface area contributed by atoms with Gasteiger partial charge in [-0.2, -0.15) is 0 Å². The van der Waals surface area contributed by atoms with E-state index in [4.69, 9.17) is 57.2 Å². The Labute approximate surface area is 311 Å². The predicted octanol–water partition coefficient (Wildman–Crippen LogP) is 3.97. The van der Waals surface area contributed by atoms with Crippen molar-refractivity contribution in [1.29, 1.82) is 0 Å². The smallest absolute Gasteiger partial charge is 0.463 e. The Hall–Kier alpha value is -4.74. The van der Waals surface area contributed by atoms with Crippen LogP contribution >= 0.6 is 7.82 Å². The molecule has 0 aliphatic carbocycles. The summed E-state index contributed by atoms with van der Waals surface area (Å²) in [5, 5.41) is 0. The lowest BCUT2D eigenvalue weighted by molar-refractivity contribution is -0.354. The Balaban J connectivity index is 1.83. The Morgan fingerprint density at radius 2 is 1.15 bits per heavy atom. The minimum Gasteiger partial charge on any atom is -0.463 e. The van der Waals surface area contributed by atoms with Gasteiger partial charge < -0.3 is 52.7 Å². The number of amides is 1. The second kappa shape index (κ2) is 19.0. The van der Waals surface area contributed by atoms with Crippen LogP contribution in [0.3, 0.4) is 0 Å². The molecule has 1 amide bonds. The largest absolute Gasteiger partial charge is 0.590 e. The lowest BCUT2D eigenvalue weighted by Crippen LogP contribution is -2.65. The van der Waals surface area contributed by atoms with E-state index in [2.05, 4.69) is 0 Å². The van der Waals surface area contributed by atoms with Gasteiger partial charge in [-0.3, -0.25) is 19.2 Å². The second-order valence-electron chi connectivity index (χ2n) is 12.2. The molecular formula is C35H44NO17P. The first-order valence-corrected chi connectivity index (χ1v) is 18.4. The number of rotatable bonds is 15. The number of para-hydroxylation sites is 2. The Morgan fingerprint density at radius 3 is 1.63 bits per heavy atom. The van der Waals surface area contributed by atoms with Crippen molar-refractivity contribution in [3.8, 4) is 11.5 Å². The highest BCUT2D eigenvalue weighted by Gasteiger charge is 2.57. The number of ether oxygens (including phenoxy) is 8. The van der Waals surface area contributed by atoms with Crippen LogP contribution < -0.4 is 14.8 Å². The van der Waals surface area contributed by atoms with Gasteiger partial charge in [-0.25, -0.2) is 13.9 Å². The second-order valence-corrected chi connectivity index (χ2v) is 13.7. The molecule has 4 rings (SSSR count). The number of hydrogen-bond donors (Lipinski definition) is 1. The summed E-state index contributed by atoms with van der Waals surface area (Å²) in [6.07, 6.45) is -14.5. The predicted molar refractivity (Wildman–Crippen MR) is 182 cm³/mol. The third-order valence-corrected chi connectivity index (χ3v) is 9.39. The molecule has 0 bridgehead atoms. The normalized spacial score (nSPS) is 28.1. The molecule has 0 unspecified atom stereocenters. The summed E-state index contributed by atoms with van der Waals surface area (Å²) in [5.41, 5.74) is 5.38. The third-order valence-electron chi connectivity index (χ3n) is 8.05. The highest BCUT2D eigenvalue weighted by atomic mass is 31.2. The van der Waals surface area contributed by atoms with Gasteiger partial charge in [0, 0.05) is 33.6 Å². The molecule has 2 aliphatic rings. The highest BCUT2D eigenvalue weighted by Crippen LogP contribution is 2.53. The maximum Gasteiger partial charge on any atom is 0.590 e. The molecule has 10 atom stereocenters. The number of esters is 4. The minimum absolute atomic E-state index is 0.101. The molecule has 0 aromatic heterocycles. The number of hydrogen-bond acceptors (Lipinski definition) is 17. The van der Waals surface area contributed by atoms with Crippen molar-refractivity contribution >= 4 is 37.8 Å². The zero-order valence-corrected chi connectivity index (χ0v) is 31.3. The van der Waals surface area contributed by atoms with Gasteiger partial charge in [0.1, 0.15) is 36.4 Å². The van der Waals surface area contributed by atoms with E-state index in [1.165, 1.54) is 24.3 Å². The van der Waals surface area contributed by atoms with E-state index in [0.29, 0.717) is 6.42 Å². The van der Waals surface area contributed by atoms with Crippen LogP contribution in [0, 0.1) is 5.92 Å². The molecule has 54 heavy (non-hydrogen) atoms. The van der Waals surface area contributed by atoms with Crippen molar-refractivity contribution in [3.63, 3.8) is 0 Å². The zero-order chi connectivity index (χ0) is 39.6. The molecule has 0 spiro atoms. The van der Waals surface area contributed by atoms with Gasteiger partial charge in [-0.05, 0) is 30.7 Å². The molecule has 2 aromatic carbocycles. The molecule has 2 saturated heterocycles. The molecular weight excluding hydrogens is 737 g/mol. The van der Waals surface area contributed by atoms with Crippen LogP contribution in [0.25, 0.3) is 0 Å². The standard InChI is InChI=1S/C35H44NO17P/c1-7-26-19(2)28(44-21(4)38)31(34(47-26)53-54(42,51-24-14-10-8-11-15-24)52-25-16-12-9-13-17-25)49-33-32(46-23(6)40)30(50-35(36)41)29(45-22(5)39)27(48-33)18-43-20(3)37/h8-17,19,26-34H,7,18H2,1-6H3,(H2,36,41)/t19-,26+,27-,28+,29-,30+,31+,32+,33-,34-/m1/s1. The fourth-order valence-corrected chi connectivity index (χ4v) is 7.21. The molecule has 19 heteroatoms. The van der Waals surface area contributed by atoms with Crippen molar-refractivity contribution in [2.75, 3.05) is 6.61 Å². The van der Waals surface area contributed by atoms with Crippen molar-refractivity contribution in [2.24, 2.45) is 11.7 Å². The average molecular weight is 782 g/mol. The van der Waals surface area contributed by atoms with Crippen LogP contribution in [0.2, 0.25) is 0 Å². The zero-order valence-electron chi connectivity index (χ0n) is 30.4. The summed E-state index contributed by atoms with van der Waals surface area (Å²) in [6.45, 7) is 7.29. The quantitative estimate of drug-likeness (QED) is 0.153. The van der Waals surface area contributed by atoms with Crippen molar-refractivity contribution in [1.82, 2.24) is 0 Å². The molecule has 18 nitrogen and oxygen atoms in total. The van der Waals surface area contributed by atoms with Gasteiger partial charge in [0.15, 0.2) is 24.6 Å². The van der Waals surface area contributed by atoms with Gasteiger partial charge in [0.25, 0.3) is 0 Å². The number of phosphoric acid groups is 1. The summed E-state index contributed by atoms with van der Waals surface area (Å²) >= 11 is 0. The molecule has 2 N–H and O–H groups in total. The Morgan fingerprint density at radius 1 is 0.648 bits per heavy atom. The maximum absolute atomic E-state index is 14.6. The number of carbonyl (C=O) groups is 5. The fraction of sp³-hybridized carbons (Fsp3) is 0.514. The van der Waals surface area contributed by atoms with Crippen LogP contribution in [0.1, 0.15) is 48.0 Å². The highest BCUT2D eigenvalue weighted by molar-refractivity contribution is 7.49. The van der Waals surface area contributed by atoms with E-state index in [-0.39, 0.29) is 11.5 Å². The van der Waals surface area contributed by atoms with E-state index in [1.54, 1.807) is 50.2 Å². The van der Waals surface area contributed by atoms with Crippen molar-refractivity contribution < 1.29 is 80.0 Å². The van der Waals surface area contributed by atoms with Crippen LogP contribution in [0.4, 0.5) is 4.79 Å². The molecule has 0 saturated carbocycles. The fourth-order valence-electron chi connectivity index (χ4n) is 5.91. The minimum atomic E-state index is -4.74. The lowest BCUT2D eigenvalue weighted by atomic mass is 9.89. The summed E-state index contributed by atoms with van der Waals surface area (Å²) < 4.78 is 78.3. The van der Waals surface area contributed by atoms with Gasteiger partial charge in [0.05, 0.1) is 6.10 Å². The average Bonchev–Trinajstić information content (AvgIpc) is 3.09. The first-order valence-electron chi connectivity index (χ1n) is 16.9. The van der Waals surface area contributed by atoms with E-state index in [0.717, 1.165) is 27.7 Å². The van der Waals surface area contributed by atoms with Crippen LogP contribution in [-0.2, 0) is 66.2 Å². The maximum atomic E-state index is 14.6. The first-order chi connectivity index (χ1) is 25.6. The van der Waals surface area contributed by atoms with E-state index in [9.17, 15) is 28.5 Å².